The number of anilines is 4. The van der Waals surface area contributed by atoms with Crippen molar-refractivity contribution in [3.8, 4) is 11.1 Å². The molecular formula is C24H28N8O2. The molecular weight excluding hydrogens is 432 g/mol. The molecule has 3 aromatic rings. The van der Waals surface area contributed by atoms with Crippen LogP contribution in [0.1, 0.15) is 25.3 Å². The van der Waals surface area contributed by atoms with E-state index in [4.69, 9.17) is 15.1 Å². The van der Waals surface area contributed by atoms with Gasteiger partial charge in [0, 0.05) is 36.1 Å². The molecule has 1 saturated carbocycles. The molecule has 1 atom stereocenters. The number of hydrogen-bond donors (Lipinski definition) is 5. The molecule has 5 rings (SSSR count). The number of H-pyrrole nitrogens is 1. The number of carbonyl (C=O) groups is 1. The lowest BCUT2D eigenvalue weighted by atomic mass is 10.00. The van der Waals surface area contributed by atoms with E-state index in [1.807, 2.05) is 36.4 Å². The Kier molecular flexibility index (Phi) is 6.13. The summed E-state index contributed by atoms with van der Waals surface area (Å²) < 4.78 is 5.61. The first-order chi connectivity index (χ1) is 16.6. The van der Waals surface area contributed by atoms with Gasteiger partial charge in [-0.2, -0.15) is 5.10 Å². The van der Waals surface area contributed by atoms with Gasteiger partial charge < -0.3 is 31.0 Å². The Labute approximate surface area is 197 Å². The second-order valence-corrected chi connectivity index (χ2v) is 8.60. The molecule has 1 aliphatic heterocycles. The van der Waals surface area contributed by atoms with E-state index in [-0.39, 0.29) is 12.1 Å². The maximum absolute atomic E-state index is 12.1. The summed E-state index contributed by atoms with van der Waals surface area (Å²) in [6.45, 7) is 4.12. The number of aromatic amines is 1. The molecule has 10 nitrogen and oxygen atoms in total. The minimum Gasteiger partial charge on any atom is -0.377 e. The third-order valence-electron chi connectivity index (χ3n) is 5.97. The molecule has 2 aromatic heterocycles. The van der Waals surface area contributed by atoms with Crippen molar-refractivity contribution in [2.24, 2.45) is 0 Å². The molecule has 2 amide bonds. The number of hydrogen-bond acceptors (Lipinski definition) is 7. The molecule has 1 saturated heterocycles. The topological polar surface area (TPSA) is 131 Å². The number of carbonyl (C=O) groups excluding carboxylic acids is 1. The number of ether oxygens (including phenoxy) is 1. The zero-order chi connectivity index (χ0) is 23.5. The van der Waals surface area contributed by atoms with E-state index in [0.29, 0.717) is 42.1 Å². The maximum atomic E-state index is 12.1. The van der Waals surface area contributed by atoms with Crippen LogP contribution in [0.3, 0.4) is 0 Å². The van der Waals surface area contributed by atoms with Crippen molar-refractivity contribution in [2.45, 2.75) is 31.8 Å². The van der Waals surface area contributed by atoms with E-state index < -0.39 is 0 Å². The standard InChI is InChI=1S/C24H28N8O2/c1-15-14-34-11-10-32(15)22-12-19(20(13-25)23(30-22)29-21-8-9-26-31-21)16-2-4-17(5-3-16)27-24(33)28-18-6-7-18/h2-5,8-9,12-13,15,18,25H,6-7,10-11,14H2,1H3,(H2,27,28,33)(H2,26,29,30,31)/t15-/m1/s1. The minimum atomic E-state index is -0.186. The van der Waals surface area contributed by atoms with Crippen LogP contribution in [0.2, 0.25) is 0 Å². The molecule has 2 aliphatic rings. The lowest BCUT2D eigenvalue weighted by Crippen LogP contribution is -2.44. The SMILES string of the molecule is C[C@@H]1COCCN1c1cc(-c2ccc(NC(=O)NC3CC3)cc2)c(C=N)c(Nc2ccn[nH]2)n1. The van der Waals surface area contributed by atoms with Crippen molar-refractivity contribution < 1.29 is 9.53 Å². The summed E-state index contributed by atoms with van der Waals surface area (Å²) in [5.74, 6) is 2.07. The number of urea groups is 1. The number of pyridine rings is 1. The van der Waals surface area contributed by atoms with E-state index in [1.54, 1.807) is 6.20 Å². The lowest BCUT2D eigenvalue weighted by molar-refractivity contribution is 0.0985. The summed E-state index contributed by atoms with van der Waals surface area (Å²) in [5, 5.41) is 24.1. The number of benzene rings is 1. The highest BCUT2D eigenvalue weighted by Crippen LogP contribution is 2.34. The van der Waals surface area contributed by atoms with Crippen LogP contribution in [0.5, 0.6) is 0 Å². The minimum absolute atomic E-state index is 0.177. The Balaban J connectivity index is 1.49. The van der Waals surface area contributed by atoms with Gasteiger partial charge in [0.2, 0.25) is 0 Å². The third kappa shape index (κ3) is 4.86. The average Bonchev–Trinajstić information content (AvgIpc) is 3.50. The van der Waals surface area contributed by atoms with Crippen LogP contribution in [-0.2, 0) is 4.74 Å². The molecule has 1 aliphatic carbocycles. The predicted octanol–water partition coefficient (Wildman–Crippen LogP) is 3.72. The first-order valence-electron chi connectivity index (χ1n) is 11.4. The first kappa shape index (κ1) is 21.9. The normalized spacial score (nSPS) is 17.8. The first-order valence-corrected chi connectivity index (χ1v) is 11.4. The number of aromatic nitrogens is 3. The van der Waals surface area contributed by atoms with Crippen LogP contribution in [0.15, 0.2) is 42.6 Å². The Hall–Kier alpha value is -3.92. The molecule has 0 radical (unpaired) electrons. The number of nitrogens with one attached hydrogen (secondary N) is 5. The Morgan fingerprint density at radius 2 is 2.09 bits per heavy atom. The molecule has 176 valence electrons. The summed E-state index contributed by atoms with van der Waals surface area (Å²) in [6.07, 6.45) is 5.05. The molecule has 2 fully saturated rings. The quantitative estimate of drug-likeness (QED) is 0.342. The van der Waals surface area contributed by atoms with Gasteiger partial charge in [-0.15, -0.1) is 0 Å². The van der Waals surface area contributed by atoms with Gasteiger partial charge in [0.25, 0.3) is 0 Å². The molecule has 34 heavy (non-hydrogen) atoms. The summed E-state index contributed by atoms with van der Waals surface area (Å²) in [4.78, 5) is 19.2. The van der Waals surface area contributed by atoms with Crippen LogP contribution >= 0.6 is 0 Å². The highest BCUT2D eigenvalue weighted by atomic mass is 16.5. The van der Waals surface area contributed by atoms with E-state index in [0.717, 1.165) is 36.3 Å². The van der Waals surface area contributed by atoms with Crippen molar-refractivity contribution in [1.29, 1.82) is 5.41 Å². The Morgan fingerprint density at radius 3 is 2.76 bits per heavy atom. The van der Waals surface area contributed by atoms with Crippen LogP contribution < -0.4 is 20.9 Å². The van der Waals surface area contributed by atoms with E-state index in [9.17, 15) is 4.79 Å². The Morgan fingerprint density at radius 1 is 1.26 bits per heavy atom. The fraction of sp³-hybridized carbons (Fsp3) is 0.333. The summed E-state index contributed by atoms with van der Waals surface area (Å²) in [5.41, 5.74) is 3.16. The maximum Gasteiger partial charge on any atom is 0.319 e. The number of morpholine rings is 1. The van der Waals surface area contributed by atoms with Gasteiger partial charge in [-0.05, 0) is 49.1 Å². The summed E-state index contributed by atoms with van der Waals surface area (Å²) in [7, 11) is 0. The molecule has 0 spiro atoms. The van der Waals surface area contributed by atoms with Gasteiger partial charge in [0.05, 0.1) is 25.5 Å². The molecule has 1 aromatic carbocycles. The molecule has 0 bridgehead atoms. The van der Waals surface area contributed by atoms with Gasteiger partial charge in [-0.3, -0.25) is 5.10 Å². The summed E-state index contributed by atoms with van der Waals surface area (Å²) in [6, 6.07) is 11.8. The average molecular weight is 461 g/mol. The van der Waals surface area contributed by atoms with Gasteiger partial charge in [0.1, 0.15) is 17.5 Å². The van der Waals surface area contributed by atoms with Gasteiger partial charge in [0.15, 0.2) is 0 Å². The zero-order valence-electron chi connectivity index (χ0n) is 19.0. The van der Waals surface area contributed by atoms with Crippen molar-refractivity contribution in [3.05, 3.63) is 48.2 Å². The van der Waals surface area contributed by atoms with Crippen molar-refractivity contribution in [2.75, 3.05) is 35.3 Å². The van der Waals surface area contributed by atoms with Crippen LogP contribution in [-0.4, -0.2) is 59.3 Å². The van der Waals surface area contributed by atoms with Crippen LogP contribution in [0.25, 0.3) is 11.1 Å². The largest absolute Gasteiger partial charge is 0.377 e. The predicted molar refractivity (Wildman–Crippen MR) is 132 cm³/mol. The van der Waals surface area contributed by atoms with Crippen LogP contribution in [0.4, 0.5) is 27.9 Å². The van der Waals surface area contributed by atoms with Crippen molar-refractivity contribution >= 4 is 35.4 Å². The van der Waals surface area contributed by atoms with Gasteiger partial charge in [-0.1, -0.05) is 12.1 Å². The van der Waals surface area contributed by atoms with E-state index >= 15 is 0 Å². The fourth-order valence-corrected chi connectivity index (χ4v) is 4.00. The van der Waals surface area contributed by atoms with E-state index in [2.05, 4.69) is 38.0 Å². The van der Waals surface area contributed by atoms with Crippen LogP contribution in [0, 0.1) is 5.41 Å². The highest BCUT2D eigenvalue weighted by molar-refractivity contribution is 5.97. The van der Waals surface area contributed by atoms with Crippen molar-refractivity contribution in [1.82, 2.24) is 20.5 Å². The Bertz CT molecular complexity index is 1160. The van der Waals surface area contributed by atoms with E-state index in [1.165, 1.54) is 6.21 Å². The molecule has 0 unspecified atom stereocenters. The molecule has 3 heterocycles. The summed E-state index contributed by atoms with van der Waals surface area (Å²) >= 11 is 0. The highest BCUT2D eigenvalue weighted by Gasteiger charge is 2.24. The number of rotatable bonds is 7. The number of nitrogens with zero attached hydrogens (tertiary/aromatic N) is 3. The smallest absolute Gasteiger partial charge is 0.319 e. The number of amides is 2. The molecule has 10 heteroatoms. The monoisotopic (exact) mass is 460 g/mol. The second-order valence-electron chi connectivity index (χ2n) is 8.60. The van der Waals surface area contributed by atoms with Gasteiger partial charge >= 0.3 is 6.03 Å². The lowest BCUT2D eigenvalue weighted by Gasteiger charge is -2.35. The fourth-order valence-electron chi connectivity index (χ4n) is 4.00. The second kappa shape index (κ2) is 9.52. The third-order valence-corrected chi connectivity index (χ3v) is 5.97. The van der Waals surface area contributed by atoms with Gasteiger partial charge in [-0.25, -0.2) is 9.78 Å². The zero-order valence-corrected chi connectivity index (χ0v) is 19.0. The molecule has 5 N–H and O–H groups in total. The van der Waals surface area contributed by atoms with Crippen molar-refractivity contribution in [3.63, 3.8) is 0 Å².